The van der Waals surface area contributed by atoms with Gasteiger partial charge in [-0.1, -0.05) is 13.8 Å². The predicted octanol–water partition coefficient (Wildman–Crippen LogP) is 2.67. The second kappa shape index (κ2) is 6.51. The van der Waals surface area contributed by atoms with Crippen LogP contribution in [0.2, 0.25) is 0 Å². The Bertz CT molecular complexity index is 976. The van der Waals surface area contributed by atoms with Gasteiger partial charge in [-0.15, -0.1) is 0 Å². The van der Waals surface area contributed by atoms with Crippen molar-refractivity contribution in [3.8, 4) is 0 Å². The van der Waals surface area contributed by atoms with Crippen molar-refractivity contribution < 1.29 is 30.0 Å². The van der Waals surface area contributed by atoms with Gasteiger partial charge in [0.2, 0.25) is 0 Å². The van der Waals surface area contributed by atoms with E-state index in [0.29, 0.717) is 12.8 Å². The third-order valence-electron chi connectivity index (χ3n) is 6.88. The van der Waals surface area contributed by atoms with E-state index < -0.39 is 59.5 Å². The molecule has 2 aliphatic carbocycles. The first-order valence-electron chi connectivity index (χ1n) is 9.68. The Morgan fingerprint density at radius 3 is 1.59 bits per heavy atom. The Labute approximate surface area is 175 Å². The van der Waals surface area contributed by atoms with Crippen molar-refractivity contribution in [2.45, 2.75) is 84.1 Å². The Hall–Kier alpha value is -0.480. The molecular formula is C19H33O7S3-. The van der Waals surface area contributed by atoms with E-state index in [4.69, 9.17) is 0 Å². The molecule has 2 unspecified atom stereocenters. The molecule has 0 N–H and O–H groups in total. The molecule has 0 aromatic rings. The first-order valence-corrected chi connectivity index (χ1v) is 14.3. The lowest BCUT2D eigenvalue weighted by atomic mass is 9.70. The minimum atomic E-state index is -4.82. The lowest BCUT2D eigenvalue weighted by Crippen LogP contribution is -2.50. The van der Waals surface area contributed by atoms with E-state index >= 15 is 0 Å². The average Bonchev–Trinajstić information content (AvgIpc) is 2.77. The zero-order valence-electron chi connectivity index (χ0n) is 18.5. The van der Waals surface area contributed by atoms with Gasteiger partial charge in [-0.25, -0.2) is 0 Å². The number of carbonyl (C=O) groups excluding carboxylic acids is 1. The van der Waals surface area contributed by atoms with E-state index in [2.05, 4.69) is 0 Å². The lowest BCUT2D eigenvalue weighted by molar-refractivity contribution is -0.128. The molecule has 0 aromatic heterocycles. The van der Waals surface area contributed by atoms with Gasteiger partial charge in [0.25, 0.3) is 0 Å². The van der Waals surface area contributed by atoms with Crippen molar-refractivity contribution in [3.05, 3.63) is 3.91 Å². The normalized spacial score (nSPS) is 28.3. The molecule has 7 nitrogen and oxygen atoms in total. The van der Waals surface area contributed by atoms with E-state index in [0.717, 1.165) is 0 Å². The first kappa shape index (κ1) is 24.8. The maximum Gasteiger partial charge on any atom is 0.140 e. The van der Waals surface area contributed by atoms with Crippen molar-refractivity contribution in [1.29, 1.82) is 0 Å². The number of fused-ring (bicyclic) bond motifs is 2. The third-order valence-corrected chi connectivity index (χ3v) is 16.5. The van der Waals surface area contributed by atoms with Crippen molar-refractivity contribution >= 4 is 35.3 Å². The topological polar surface area (TPSA) is 119 Å². The minimum Gasteiger partial charge on any atom is -0.299 e. The quantitative estimate of drug-likeness (QED) is 0.568. The summed E-state index contributed by atoms with van der Waals surface area (Å²) in [4.78, 5) is 12.8. The Morgan fingerprint density at radius 1 is 0.897 bits per heavy atom. The number of hydrogen-bond donors (Lipinski definition) is 0. The smallest absolute Gasteiger partial charge is 0.140 e. The molecular weight excluding hydrogens is 436 g/mol. The van der Waals surface area contributed by atoms with Crippen LogP contribution >= 0.6 is 0 Å². The molecule has 2 atom stereocenters. The van der Waals surface area contributed by atoms with Crippen molar-refractivity contribution in [3.63, 3.8) is 0 Å². The first-order chi connectivity index (χ1) is 12.6. The number of carbonyl (C=O) groups is 1. The van der Waals surface area contributed by atoms with E-state index in [9.17, 15) is 30.0 Å². The molecule has 29 heavy (non-hydrogen) atoms. The summed E-state index contributed by atoms with van der Waals surface area (Å²) < 4.78 is 75.3. The van der Waals surface area contributed by atoms with Crippen LogP contribution in [-0.2, 0) is 34.3 Å². The highest BCUT2D eigenvalue weighted by Crippen LogP contribution is 2.64. The summed E-state index contributed by atoms with van der Waals surface area (Å²) in [6, 6.07) is 0. The van der Waals surface area contributed by atoms with Gasteiger partial charge < -0.3 is 0 Å². The van der Waals surface area contributed by atoms with Gasteiger partial charge in [-0.2, -0.15) is 0 Å². The van der Waals surface area contributed by atoms with Crippen LogP contribution in [0.5, 0.6) is 0 Å². The molecule has 0 radical (unpaired) electrons. The van der Waals surface area contributed by atoms with Crippen LogP contribution in [0.1, 0.15) is 74.7 Å². The highest BCUT2D eigenvalue weighted by Gasteiger charge is 2.65. The van der Waals surface area contributed by atoms with Gasteiger partial charge in [0.1, 0.15) is 5.78 Å². The molecule has 2 fully saturated rings. The Balaban J connectivity index is 2.74. The summed E-state index contributed by atoms with van der Waals surface area (Å²) in [6.07, 6.45) is 1.23. The SMILES string of the molecule is CC1(C)C2CCC1(CS(=O)(=O)[C-](S(=O)(=O)C(C)(C)C)S(=O)(=O)C(C)(C)C)C(=O)C2. The van der Waals surface area contributed by atoms with Crippen LogP contribution in [0, 0.1) is 20.7 Å². The summed E-state index contributed by atoms with van der Waals surface area (Å²) >= 11 is 0. The van der Waals surface area contributed by atoms with Gasteiger partial charge in [0.05, 0.1) is 29.5 Å². The molecule has 0 amide bonds. The molecule has 0 aromatic carbocycles. The molecule has 10 heteroatoms. The van der Waals surface area contributed by atoms with Crippen LogP contribution in [0.3, 0.4) is 0 Å². The Kier molecular flexibility index (Phi) is 5.57. The maximum absolute atomic E-state index is 13.5. The molecule has 2 aliphatic rings. The Morgan fingerprint density at radius 2 is 1.31 bits per heavy atom. The highest BCUT2D eigenvalue weighted by atomic mass is 32.3. The second-order valence-corrected chi connectivity index (χ2v) is 18.9. The number of sulfone groups is 3. The highest BCUT2D eigenvalue weighted by molar-refractivity contribution is 8.29. The van der Waals surface area contributed by atoms with Crippen LogP contribution in [-0.4, -0.2) is 46.3 Å². The minimum absolute atomic E-state index is 0.0205. The van der Waals surface area contributed by atoms with Gasteiger partial charge in [0, 0.05) is 31.0 Å². The van der Waals surface area contributed by atoms with Crippen LogP contribution in [0.4, 0.5) is 0 Å². The van der Waals surface area contributed by atoms with E-state index in [1.54, 1.807) is 0 Å². The van der Waals surface area contributed by atoms with Gasteiger partial charge in [-0.05, 0) is 65.7 Å². The van der Waals surface area contributed by atoms with Crippen LogP contribution in [0.25, 0.3) is 0 Å². The average molecular weight is 470 g/mol. The van der Waals surface area contributed by atoms with Gasteiger partial charge in [-0.3, -0.25) is 30.0 Å². The van der Waals surface area contributed by atoms with Crippen molar-refractivity contribution in [2.75, 3.05) is 5.75 Å². The summed E-state index contributed by atoms with van der Waals surface area (Å²) in [7, 11) is -14.3. The molecule has 2 bridgehead atoms. The van der Waals surface area contributed by atoms with E-state index in [1.807, 2.05) is 13.8 Å². The zero-order valence-corrected chi connectivity index (χ0v) is 20.9. The lowest BCUT2D eigenvalue weighted by Gasteiger charge is -2.44. The maximum atomic E-state index is 13.5. The van der Waals surface area contributed by atoms with Gasteiger partial charge >= 0.3 is 0 Å². The second-order valence-electron chi connectivity index (χ2n) is 10.9. The summed E-state index contributed by atoms with van der Waals surface area (Å²) in [6.45, 7) is 11.3. The fraction of sp³-hybridized carbons (Fsp3) is 0.895. The number of Topliss-reactive ketones (excluding diaryl/α,β-unsaturated/α-hetero) is 1. The molecule has 2 rings (SSSR count). The van der Waals surface area contributed by atoms with E-state index in [1.165, 1.54) is 41.5 Å². The zero-order chi connectivity index (χ0) is 23.1. The van der Waals surface area contributed by atoms with Gasteiger partial charge in [0.15, 0.2) is 0 Å². The van der Waals surface area contributed by atoms with E-state index in [-0.39, 0.29) is 18.1 Å². The third kappa shape index (κ3) is 3.41. The standard InChI is InChI=1S/C19H33O7S3/c1-16(2,3)28(23,24)15(29(25,26)17(4,5)6)27(21,22)12-19-10-9-13(11-14(19)20)18(19,7)8/h13H,9-12H2,1-8H3/q-1. The molecule has 0 spiro atoms. The largest absolute Gasteiger partial charge is 0.299 e. The van der Waals surface area contributed by atoms with Crippen molar-refractivity contribution in [1.82, 2.24) is 0 Å². The number of hydrogen-bond acceptors (Lipinski definition) is 7. The summed E-state index contributed by atoms with van der Waals surface area (Å²) in [5.74, 6) is -0.988. The fourth-order valence-electron chi connectivity index (χ4n) is 4.47. The molecule has 0 saturated heterocycles. The van der Waals surface area contributed by atoms with Crippen LogP contribution in [0.15, 0.2) is 0 Å². The molecule has 170 valence electrons. The number of rotatable bonds is 5. The summed E-state index contributed by atoms with van der Waals surface area (Å²) in [5.41, 5.74) is -1.90. The number of ketones is 1. The summed E-state index contributed by atoms with van der Waals surface area (Å²) in [5, 5.41) is 0. The monoisotopic (exact) mass is 469 g/mol. The van der Waals surface area contributed by atoms with Crippen LogP contribution < -0.4 is 0 Å². The molecule has 2 saturated carbocycles. The predicted molar refractivity (Wildman–Crippen MR) is 113 cm³/mol. The molecule has 0 aliphatic heterocycles. The fourth-order valence-corrected chi connectivity index (χ4v) is 14.1. The van der Waals surface area contributed by atoms with Crippen molar-refractivity contribution in [2.24, 2.45) is 16.7 Å². The molecule has 0 heterocycles.